The van der Waals surface area contributed by atoms with Gasteiger partial charge in [0.25, 0.3) is 0 Å². The van der Waals surface area contributed by atoms with Crippen LogP contribution in [0.25, 0.3) is 0 Å². The predicted molar refractivity (Wildman–Crippen MR) is 53.3 cm³/mol. The summed E-state index contributed by atoms with van der Waals surface area (Å²) >= 11 is 8.07. The highest BCUT2D eigenvalue weighted by atomic mass is 127. The first-order valence-corrected chi connectivity index (χ1v) is 4.28. The maximum atomic E-state index is 5.90. The molecule has 0 fully saturated rings. The molecule has 0 atom stereocenters. The van der Waals surface area contributed by atoms with Gasteiger partial charge in [-0.1, -0.05) is 11.6 Å². The monoisotopic (exact) mass is 267 g/mol. The summed E-state index contributed by atoms with van der Waals surface area (Å²) < 4.78 is 1.05. The molecular weight excluding hydrogens is 260 g/mol. The van der Waals surface area contributed by atoms with Crippen molar-refractivity contribution in [1.82, 2.24) is 0 Å². The Labute approximate surface area is 78.7 Å². The Morgan fingerprint density at radius 3 is 2.60 bits per heavy atom. The van der Waals surface area contributed by atoms with E-state index >= 15 is 0 Å². The smallest absolute Gasteiger partial charge is 0.0589 e. The Bertz CT molecular complexity index is 233. The fourth-order valence-electron chi connectivity index (χ4n) is 0.667. The molecule has 0 saturated carbocycles. The highest BCUT2D eigenvalue weighted by Crippen LogP contribution is 2.26. The molecule has 10 heavy (non-hydrogen) atoms. The van der Waals surface area contributed by atoms with Crippen LogP contribution in [-0.2, 0) is 0 Å². The lowest BCUT2D eigenvalue weighted by Crippen LogP contribution is -1.90. The molecule has 0 saturated heterocycles. The van der Waals surface area contributed by atoms with Crippen LogP contribution in [0.5, 0.6) is 0 Å². The molecule has 0 heterocycles. The number of nitrogens with two attached hydrogens (primary N) is 1. The molecular formula is C7H7ClIN. The molecule has 0 aromatic heterocycles. The molecule has 54 valence electrons. The van der Waals surface area contributed by atoms with Crippen molar-refractivity contribution in [1.29, 1.82) is 0 Å². The molecule has 0 radical (unpaired) electrons. The minimum atomic E-state index is 0.755. The normalized spacial score (nSPS) is 9.90. The van der Waals surface area contributed by atoms with E-state index in [1.807, 2.05) is 19.1 Å². The first-order valence-electron chi connectivity index (χ1n) is 2.83. The maximum Gasteiger partial charge on any atom is 0.0589 e. The predicted octanol–water partition coefficient (Wildman–Crippen LogP) is 2.84. The summed E-state index contributed by atoms with van der Waals surface area (Å²) in [5.74, 6) is 0. The largest absolute Gasteiger partial charge is 0.398 e. The third kappa shape index (κ3) is 1.37. The van der Waals surface area contributed by atoms with Gasteiger partial charge in [-0.25, -0.2) is 0 Å². The van der Waals surface area contributed by atoms with E-state index < -0.39 is 0 Å². The summed E-state index contributed by atoms with van der Waals surface area (Å²) in [6.45, 7) is 1.92. The van der Waals surface area contributed by atoms with Crippen molar-refractivity contribution in [2.75, 3.05) is 5.73 Å². The minimum absolute atomic E-state index is 0.755. The summed E-state index contributed by atoms with van der Waals surface area (Å²) in [7, 11) is 0. The van der Waals surface area contributed by atoms with Crippen molar-refractivity contribution in [2.24, 2.45) is 0 Å². The number of rotatable bonds is 0. The van der Waals surface area contributed by atoms with Crippen molar-refractivity contribution >= 4 is 39.9 Å². The van der Waals surface area contributed by atoms with Gasteiger partial charge in [0, 0.05) is 9.26 Å². The zero-order valence-corrected chi connectivity index (χ0v) is 8.40. The van der Waals surface area contributed by atoms with Crippen LogP contribution in [0.3, 0.4) is 0 Å². The third-order valence-corrected chi connectivity index (χ3v) is 3.09. The number of halogens is 2. The van der Waals surface area contributed by atoms with Gasteiger partial charge < -0.3 is 5.73 Å². The van der Waals surface area contributed by atoms with Crippen molar-refractivity contribution < 1.29 is 0 Å². The van der Waals surface area contributed by atoms with E-state index in [-0.39, 0.29) is 0 Å². The molecule has 1 rings (SSSR count). The molecule has 3 heteroatoms. The molecule has 0 unspecified atom stereocenters. The average molecular weight is 267 g/mol. The van der Waals surface area contributed by atoms with Crippen LogP contribution in [0, 0.1) is 10.5 Å². The van der Waals surface area contributed by atoms with Crippen molar-refractivity contribution in [3.8, 4) is 0 Å². The SMILES string of the molecule is Cc1c(N)ccc(I)c1Cl. The maximum absolute atomic E-state index is 5.90. The Balaban J connectivity index is 3.34. The lowest BCUT2D eigenvalue weighted by atomic mass is 10.2. The van der Waals surface area contributed by atoms with Crippen LogP contribution < -0.4 is 5.73 Å². The zero-order chi connectivity index (χ0) is 7.72. The number of hydrogen-bond donors (Lipinski definition) is 1. The summed E-state index contributed by atoms with van der Waals surface area (Å²) in [6, 6.07) is 3.77. The molecule has 1 aromatic carbocycles. The van der Waals surface area contributed by atoms with Gasteiger partial charge in [0.15, 0.2) is 0 Å². The Hall–Kier alpha value is 0.0400. The Morgan fingerprint density at radius 1 is 1.50 bits per heavy atom. The second kappa shape index (κ2) is 2.96. The summed E-state index contributed by atoms with van der Waals surface area (Å²) in [4.78, 5) is 0. The second-order valence-electron chi connectivity index (χ2n) is 2.08. The molecule has 0 aliphatic carbocycles. The number of anilines is 1. The van der Waals surface area contributed by atoms with E-state index in [1.54, 1.807) is 0 Å². The Kier molecular flexibility index (Phi) is 2.41. The van der Waals surface area contributed by atoms with Gasteiger partial charge in [-0.05, 0) is 47.2 Å². The number of benzene rings is 1. The molecule has 0 bridgehead atoms. The van der Waals surface area contributed by atoms with E-state index in [4.69, 9.17) is 17.3 Å². The Morgan fingerprint density at radius 2 is 2.10 bits per heavy atom. The van der Waals surface area contributed by atoms with E-state index in [2.05, 4.69) is 22.6 Å². The van der Waals surface area contributed by atoms with Crippen LogP contribution in [0.2, 0.25) is 5.02 Å². The van der Waals surface area contributed by atoms with Crippen LogP contribution in [0.1, 0.15) is 5.56 Å². The van der Waals surface area contributed by atoms with E-state index in [1.165, 1.54) is 0 Å². The van der Waals surface area contributed by atoms with Crippen molar-refractivity contribution in [3.05, 3.63) is 26.3 Å². The topological polar surface area (TPSA) is 26.0 Å². The molecule has 0 amide bonds. The molecule has 1 nitrogen and oxygen atoms in total. The van der Waals surface area contributed by atoms with E-state index in [0.29, 0.717) is 0 Å². The van der Waals surface area contributed by atoms with Gasteiger partial charge in [-0.3, -0.25) is 0 Å². The quantitative estimate of drug-likeness (QED) is 0.568. The highest BCUT2D eigenvalue weighted by Gasteiger charge is 2.01. The van der Waals surface area contributed by atoms with Gasteiger partial charge in [0.1, 0.15) is 0 Å². The van der Waals surface area contributed by atoms with Gasteiger partial charge in [0.2, 0.25) is 0 Å². The van der Waals surface area contributed by atoms with Crippen LogP contribution in [-0.4, -0.2) is 0 Å². The molecule has 1 aromatic rings. The molecule has 2 N–H and O–H groups in total. The van der Waals surface area contributed by atoms with Gasteiger partial charge >= 0.3 is 0 Å². The minimum Gasteiger partial charge on any atom is -0.398 e. The lowest BCUT2D eigenvalue weighted by molar-refractivity contribution is 1.45. The lowest BCUT2D eigenvalue weighted by Gasteiger charge is -2.02. The van der Waals surface area contributed by atoms with Gasteiger partial charge in [0.05, 0.1) is 5.02 Å². The highest BCUT2D eigenvalue weighted by molar-refractivity contribution is 14.1. The first-order chi connectivity index (χ1) is 4.63. The molecule has 0 aliphatic rings. The number of hydrogen-bond acceptors (Lipinski definition) is 1. The average Bonchev–Trinajstić information content (AvgIpc) is 1.93. The van der Waals surface area contributed by atoms with Gasteiger partial charge in [-0.2, -0.15) is 0 Å². The fraction of sp³-hybridized carbons (Fsp3) is 0.143. The van der Waals surface area contributed by atoms with Crippen LogP contribution >= 0.6 is 34.2 Å². The van der Waals surface area contributed by atoms with Crippen molar-refractivity contribution in [2.45, 2.75) is 6.92 Å². The summed E-state index contributed by atoms with van der Waals surface area (Å²) in [6.07, 6.45) is 0. The first kappa shape index (κ1) is 8.14. The van der Waals surface area contributed by atoms with Crippen LogP contribution in [0.4, 0.5) is 5.69 Å². The second-order valence-corrected chi connectivity index (χ2v) is 3.62. The van der Waals surface area contributed by atoms with Crippen LogP contribution in [0.15, 0.2) is 12.1 Å². The summed E-state index contributed by atoms with van der Waals surface area (Å²) in [5, 5.41) is 0.764. The molecule has 0 spiro atoms. The van der Waals surface area contributed by atoms with E-state index in [0.717, 1.165) is 19.8 Å². The fourth-order valence-corrected chi connectivity index (χ4v) is 1.42. The summed E-state index contributed by atoms with van der Waals surface area (Å²) in [5.41, 5.74) is 7.32. The zero-order valence-electron chi connectivity index (χ0n) is 5.49. The van der Waals surface area contributed by atoms with Crippen molar-refractivity contribution in [3.63, 3.8) is 0 Å². The third-order valence-electron chi connectivity index (χ3n) is 1.38. The number of nitrogen functional groups attached to an aromatic ring is 1. The standard InChI is InChI=1S/C7H7ClIN/c1-4-6(10)3-2-5(9)7(4)8/h2-3H,10H2,1H3. The van der Waals surface area contributed by atoms with E-state index in [9.17, 15) is 0 Å². The van der Waals surface area contributed by atoms with Gasteiger partial charge in [-0.15, -0.1) is 0 Å². The molecule has 0 aliphatic heterocycles.